The Bertz CT molecular complexity index is 495. The van der Waals surface area contributed by atoms with Crippen LogP contribution in [0.1, 0.15) is 48.0 Å². The molecule has 0 aliphatic heterocycles. The van der Waals surface area contributed by atoms with Crippen LogP contribution in [-0.4, -0.2) is 28.2 Å². The van der Waals surface area contributed by atoms with Gasteiger partial charge in [0.15, 0.2) is 0 Å². The SMILES string of the molecule is CCc1noc(C)c1C(=O)NC1CCCC1C(=O)O. The van der Waals surface area contributed by atoms with Crippen molar-refractivity contribution in [3.8, 4) is 0 Å². The molecule has 6 heteroatoms. The fourth-order valence-electron chi connectivity index (χ4n) is 2.62. The van der Waals surface area contributed by atoms with Gasteiger partial charge in [-0.15, -0.1) is 0 Å². The average Bonchev–Trinajstić information content (AvgIpc) is 2.95. The molecule has 0 bridgehead atoms. The van der Waals surface area contributed by atoms with Crippen molar-refractivity contribution >= 4 is 11.9 Å². The molecule has 1 aliphatic rings. The maximum Gasteiger partial charge on any atom is 0.308 e. The van der Waals surface area contributed by atoms with Gasteiger partial charge < -0.3 is 14.9 Å². The highest BCUT2D eigenvalue weighted by atomic mass is 16.5. The fraction of sp³-hybridized carbons (Fsp3) is 0.615. The number of amides is 1. The molecule has 0 saturated heterocycles. The van der Waals surface area contributed by atoms with E-state index >= 15 is 0 Å². The summed E-state index contributed by atoms with van der Waals surface area (Å²) in [5.74, 6) is -1.15. The number of nitrogens with zero attached hydrogens (tertiary/aromatic N) is 1. The van der Waals surface area contributed by atoms with E-state index in [1.54, 1.807) is 6.92 Å². The standard InChI is InChI=1S/C13H18N2O4/c1-3-9-11(7(2)19-15-9)12(16)14-10-6-4-5-8(10)13(17)18/h8,10H,3-6H2,1-2H3,(H,14,16)(H,17,18). The lowest BCUT2D eigenvalue weighted by molar-refractivity contribution is -0.142. The first-order chi connectivity index (χ1) is 9.04. The number of carbonyl (C=O) groups excluding carboxylic acids is 1. The molecule has 0 spiro atoms. The Morgan fingerprint density at radius 1 is 1.47 bits per heavy atom. The Morgan fingerprint density at radius 3 is 2.84 bits per heavy atom. The molecule has 0 aromatic carbocycles. The van der Waals surface area contributed by atoms with Crippen LogP contribution in [0.2, 0.25) is 0 Å². The van der Waals surface area contributed by atoms with Gasteiger partial charge in [0.05, 0.1) is 11.6 Å². The monoisotopic (exact) mass is 266 g/mol. The second-order valence-corrected chi connectivity index (χ2v) is 4.87. The van der Waals surface area contributed by atoms with Crippen molar-refractivity contribution in [1.29, 1.82) is 0 Å². The second-order valence-electron chi connectivity index (χ2n) is 4.87. The van der Waals surface area contributed by atoms with Crippen molar-refractivity contribution < 1.29 is 19.2 Å². The van der Waals surface area contributed by atoms with Gasteiger partial charge in [0.2, 0.25) is 0 Å². The number of aryl methyl sites for hydroxylation is 2. The summed E-state index contributed by atoms with van der Waals surface area (Å²) in [6, 6.07) is -0.302. The number of carboxylic acid groups (broad SMARTS) is 1. The van der Waals surface area contributed by atoms with Crippen LogP contribution in [0.25, 0.3) is 0 Å². The van der Waals surface area contributed by atoms with Crippen LogP contribution in [0.4, 0.5) is 0 Å². The molecular weight excluding hydrogens is 248 g/mol. The van der Waals surface area contributed by atoms with Gasteiger partial charge in [0.1, 0.15) is 11.3 Å². The summed E-state index contributed by atoms with van der Waals surface area (Å²) in [6.45, 7) is 3.58. The maximum atomic E-state index is 12.2. The largest absolute Gasteiger partial charge is 0.481 e. The molecular formula is C13H18N2O4. The zero-order valence-electron chi connectivity index (χ0n) is 11.1. The van der Waals surface area contributed by atoms with Crippen molar-refractivity contribution in [1.82, 2.24) is 10.5 Å². The van der Waals surface area contributed by atoms with E-state index in [1.165, 1.54) is 0 Å². The van der Waals surface area contributed by atoms with Gasteiger partial charge in [-0.2, -0.15) is 0 Å². The van der Waals surface area contributed by atoms with E-state index < -0.39 is 11.9 Å². The lowest BCUT2D eigenvalue weighted by atomic mass is 10.0. The van der Waals surface area contributed by atoms with E-state index in [0.29, 0.717) is 36.3 Å². The molecule has 1 aromatic rings. The topological polar surface area (TPSA) is 92.4 Å². The summed E-state index contributed by atoms with van der Waals surface area (Å²) in [5, 5.41) is 15.7. The molecule has 1 saturated carbocycles. The van der Waals surface area contributed by atoms with E-state index in [9.17, 15) is 9.59 Å². The molecule has 1 aromatic heterocycles. The van der Waals surface area contributed by atoms with E-state index in [2.05, 4.69) is 10.5 Å². The number of nitrogens with one attached hydrogen (secondary N) is 1. The lowest BCUT2D eigenvalue weighted by Crippen LogP contribution is -2.40. The van der Waals surface area contributed by atoms with Crippen molar-refractivity contribution in [3.63, 3.8) is 0 Å². The van der Waals surface area contributed by atoms with Crippen LogP contribution in [0.3, 0.4) is 0 Å². The third kappa shape index (κ3) is 2.62. The average molecular weight is 266 g/mol. The van der Waals surface area contributed by atoms with E-state index in [1.807, 2.05) is 6.92 Å². The van der Waals surface area contributed by atoms with Crippen LogP contribution in [0.5, 0.6) is 0 Å². The van der Waals surface area contributed by atoms with Gasteiger partial charge in [-0.05, 0) is 26.2 Å². The molecule has 2 atom stereocenters. The summed E-state index contributed by atoms with van der Waals surface area (Å²) in [5.41, 5.74) is 1.05. The number of hydrogen-bond acceptors (Lipinski definition) is 4. The molecule has 6 nitrogen and oxygen atoms in total. The van der Waals surface area contributed by atoms with Crippen LogP contribution in [-0.2, 0) is 11.2 Å². The normalized spacial score (nSPS) is 22.4. The molecule has 1 heterocycles. The molecule has 2 unspecified atom stereocenters. The maximum absolute atomic E-state index is 12.2. The van der Waals surface area contributed by atoms with Crippen LogP contribution in [0.15, 0.2) is 4.52 Å². The smallest absolute Gasteiger partial charge is 0.308 e. The minimum Gasteiger partial charge on any atom is -0.481 e. The van der Waals surface area contributed by atoms with Gasteiger partial charge in [-0.1, -0.05) is 18.5 Å². The third-order valence-corrected chi connectivity index (χ3v) is 3.65. The summed E-state index contributed by atoms with van der Waals surface area (Å²) in [6.07, 6.45) is 2.75. The molecule has 19 heavy (non-hydrogen) atoms. The van der Waals surface area contributed by atoms with Crippen molar-refractivity contribution in [3.05, 3.63) is 17.0 Å². The second kappa shape index (κ2) is 5.42. The number of carboxylic acids is 1. The Balaban J connectivity index is 2.12. The Labute approximate surface area is 111 Å². The molecule has 1 aliphatic carbocycles. The first-order valence-corrected chi connectivity index (χ1v) is 6.53. The van der Waals surface area contributed by atoms with Crippen LogP contribution in [0, 0.1) is 12.8 Å². The zero-order chi connectivity index (χ0) is 14.0. The predicted molar refractivity (Wildman–Crippen MR) is 66.8 cm³/mol. The fourth-order valence-corrected chi connectivity index (χ4v) is 2.62. The van der Waals surface area contributed by atoms with Gasteiger partial charge in [0, 0.05) is 6.04 Å². The number of hydrogen-bond donors (Lipinski definition) is 2. The Kier molecular flexibility index (Phi) is 3.87. The number of aliphatic carboxylic acids is 1. The number of rotatable bonds is 4. The number of aromatic nitrogens is 1. The highest BCUT2D eigenvalue weighted by Crippen LogP contribution is 2.26. The van der Waals surface area contributed by atoms with Crippen LogP contribution >= 0.6 is 0 Å². The first-order valence-electron chi connectivity index (χ1n) is 6.53. The minimum absolute atomic E-state index is 0.284. The van der Waals surface area contributed by atoms with Crippen LogP contribution < -0.4 is 5.32 Å². The summed E-state index contributed by atoms with van der Waals surface area (Å²) in [4.78, 5) is 23.3. The van der Waals surface area contributed by atoms with E-state index in [0.717, 1.165) is 6.42 Å². The van der Waals surface area contributed by atoms with Gasteiger partial charge in [0.25, 0.3) is 5.91 Å². The zero-order valence-corrected chi connectivity index (χ0v) is 11.1. The van der Waals surface area contributed by atoms with Gasteiger partial charge >= 0.3 is 5.97 Å². The Morgan fingerprint density at radius 2 is 2.21 bits per heavy atom. The molecule has 0 radical (unpaired) electrons. The minimum atomic E-state index is -0.847. The third-order valence-electron chi connectivity index (χ3n) is 3.65. The summed E-state index contributed by atoms with van der Waals surface area (Å²) < 4.78 is 5.02. The van der Waals surface area contributed by atoms with Gasteiger partial charge in [-0.25, -0.2) is 0 Å². The van der Waals surface area contributed by atoms with Crippen molar-refractivity contribution in [2.75, 3.05) is 0 Å². The molecule has 1 fully saturated rings. The molecule has 104 valence electrons. The highest BCUT2D eigenvalue weighted by Gasteiger charge is 2.35. The Hall–Kier alpha value is -1.85. The lowest BCUT2D eigenvalue weighted by Gasteiger charge is -2.17. The predicted octanol–water partition coefficient (Wildman–Crippen LogP) is 1.53. The molecule has 1 amide bonds. The van der Waals surface area contributed by atoms with E-state index in [4.69, 9.17) is 9.63 Å². The summed E-state index contributed by atoms with van der Waals surface area (Å²) >= 11 is 0. The quantitative estimate of drug-likeness (QED) is 0.862. The first kappa shape index (κ1) is 13.6. The summed E-state index contributed by atoms with van der Waals surface area (Å²) in [7, 11) is 0. The van der Waals surface area contributed by atoms with Crippen molar-refractivity contribution in [2.24, 2.45) is 5.92 Å². The highest BCUT2D eigenvalue weighted by molar-refractivity contribution is 5.96. The number of carbonyl (C=O) groups is 2. The molecule has 2 N–H and O–H groups in total. The van der Waals surface area contributed by atoms with Gasteiger partial charge in [-0.3, -0.25) is 9.59 Å². The molecule has 2 rings (SSSR count). The van der Waals surface area contributed by atoms with E-state index in [-0.39, 0.29) is 11.9 Å². The van der Waals surface area contributed by atoms with Crippen molar-refractivity contribution in [2.45, 2.75) is 45.6 Å².